The molecule has 2 heterocycles. The molecule has 1 amide bonds. The number of halogens is 1. The van der Waals surface area contributed by atoms with Crippen LogP contribution in [0.3, 0.4) is 0 Å². The van der Waals surface area contributed by atoms with E-state index in [2.05, 4.69) is 20.6 Å². The molecule has 0 radical (unpaired) electrons. The van der Waals surface area contributed by atoms with Gasteiger partial charge in [0, 0.05) is 44.3 Å². The number of nitrogens with one attached hydrogen (secondary N) is 3. The number of anilines is 3. The van der Waals surface area contributed by atoms with Gasteiger partial charge in [-0.25, -0.2) is 4.98 Å². The molecule has 2 aromatic heterocycles. The van der Waals surface area contributed by atoms with Gasteiger partial charge < -0.3 is 15.6 Å². The van der Waals surface area contributed by atoms with Gasteiger partial charge in [-0.15, -0.1) is 0 Å². The van der Waals surface area contributed by atoms with Crippen LogP contribution in [0.5, 0.6) is 0 Å². The number of carbonyl (C=O) groups is 1. The Balaban J connectivity index is 1.42. The van der Waals surface area contributed by atoms with E-state index in [-0.39, 0.29) is 11.5 Å². The molecule has 0 saturated heterocycles. The highest BCUT2D eigenvalue weighted by Gasteiger charge is 2.11. The Labute approximate surface area is 187 Å². The SMILES string of the molecule is O=C(Nc1ccc(Nc2ccnc3[nH]c(=O)c4ccccc4c23)cc1)c1ccc(Cl)cc1. The lowest BCUT2D eigenvalue weighted by Crippen LogP contribution is -2.11. The molecular weight excluding hydrogens is 424 g/mol. The summed E-state index contributed by atoms with van der Waals surface area (Å²) < 4.78 is 0. The van der Waals surface area contributed by atoms with E-state index >= 15 is 0 Å². The number of hydrogen-bond acceptors (Lipinski definition) is 4. The van der Waals surface area contributed by atoms with Crippen molar-refractivity contribution in [1.29, 1.82) is 0 Å². The first kappa shape index (κ1) is 19.8. The van der Waals surface area contributed by atoms with Crippen molar-refractivity contribution in [3.05, 3.63) is 106 Å². The molecule has 3 aromatic carbocycles. The molecule has 6 nitrogen and oxygen atoms in total. The van der Waals surface area contributed by atoms with E-state index in [4.69, 9.17) is 11.6 Å². The summed E-state index contributed by atoms with van der Waals surface area (Å²) in [4.78, 5) is 31.9. The summed E-state index contributed by atoms with van der Waals surface area (Å²) >= 11 is 5.88. The molecule has 0 spiro atoms. The van der Waals surface area contributed by atoms with Crippen molar-refractivity contribution in [3.8, 4) is 0 Å². The van der Waals surface area contributed by atoms with Gasteiger partial charge in [-0.3, -0.25) is 9.59 Å². The molecular formula is C25H17ClN4O2. The third-order valence-electron chi connectivity index (χ3n) is 5.15. The fourth-order valence-corrected chi connectivity index (χ4v) is 3.73. The quantitative estimate of drug-likeness (QED) is 0.312. The molecule has 0 aliphatic heterocycles. The van der Waals surface area contributed by atoms with Gasteiger partial charge in [0.25, 0.3) is 11.5 Å². The Kier molecular flexibility index (Phi) is 5.05. The number of rotatable bonds is 4. The molecule has 5 rings (SSSR count). The molecule has 5 aromatic rings. The van der Waals surface area contributed by atoms with Gasteiger partial charge in [-0.05, 0) is 60.7 Å². The number of nitrogens with zero attached hydrogens (tertiary/aromatic N) is 1. The van der Waals surface area contributed by atoms with Gasteiger partial charge in [0.05, 0.1) is 5.69 Å². The first-order chi connectivity index (χ1) is 15.6. The minimum atomic E-state index is -0.210. The Morgan fingerprint density at radius 2 is 1.53 bits per heavy atom. The van der Waals surface area contributed by atoms with Gasteiger partial charge in [0.1, 0.15) is 5.65 Å². The second-order valence-corrected chi connectivity index (χ2v) is 7.68. The third-order valence-corrected chi connectivity index (χ3v) is 5.40. The van der Waals surface area contributed by atoms with Crippen molar-refractivity contribution >= 4 is 56.4 Å². The lowest BCUT2D eigenvalue weighted by molar-refractivity contribution is 0.102. The zero-order valence-electron chi connectivity index (χ0n) is 16.7. The first-order valence-corrected chi connectivity index (χ1v) is 10.3. The van der Waals surface area contributed by atoms with E-state index in [1.165, 1.54) is 0 Å². The van der Waals surface area contributed by atoms with E-state index in [0.29, 0.717) is 27.3 Å². The van der Waals surface area contributed by atoms with Crippen molar-refractivity contribution in [1.82, 2.24) is 9.97 Å². The Morgan fingerprint density at radius 3 is 2.28 bits per heavy atom. The summed E-state index contributed by atoms with van der Waals surface area (Å²) in [6.07, 6.45) is 1.65. The average Bonchev–Trinajstić information content (AvgIpc) is 2.81. The van der Waals surface area contributed by atoms with Crippen molar-refractivity contribution in [2.24, 2.45) is 0 Å². The average molecular weight is 441 g/mol. The van der Waals surface area contributed by atoms with Crippen LogP contribution < -0.4 is 16.2 Å². The van der Waals surface area contributed by atoms with Gasteiger partial charge in [-0.2, -0.15) is 0 Å². The number of amides is 1. The smallest absolute Gasteiger partial charge is 0.257 e. The summed E-state index contributed by atoms with van der Waals surface area (Å²) in [7, 11) is 0. The van der Waals surface area contributed by atoms with Crippen molar-refractivity contribution in [2.45, 2.75) is 0 Å². The molecule has 3 N–H and O–H groups in total. The first-order valence-electron chi connectivity index (χ1n) is 9.92. The van der Waals surface area contributed by atoms with E-state index in [9.17, 15) is 9.59 Å². The van der Waals surface area contributed by atoms with Crippen LogP contribution in [0.25, 0.3) is 21.8 Å². The monoisotopic (exact) mass is 440 g/mol. The minimum absolute atomic E-state index is 0.168. The molecule has 0 aliphatic rings. The molecule has 0 saturated carbocycles. The highest BCUT2D eigenvalue weighted by Crippen LogP contribution is 2.29. The maximum absolute atomic E-state index is 12.4. The number of aromatic amines is 1. The van der Waals surface area contributed by atoms with Crippen LogP contribution in [0.1, 0.15) is 10.4 Å². The van der Waals surface area contributed by atoms with E-state index in [0.717, 1.165) is 22.1 Å². The number of benzene rings is 3. The molecule has 32 heavy (non-hydrogen) atoms. The van der Waals surface area contributed by atoms with Crippen molar-refractivity contribution in [3.63, 3.8) is 0 Å². The largest absolute Gasteiger partial charge is 0.355 e. The van der Waals surface area contributed by atoms with Crippen LogP contribution in [0.15, 0.2) is 89.9 Å². The van der Waals surface area contributed by atoms with Crippen molar-refractivity contribution in [2.75, 3.05) is 10.6 Å². The van der Waals surface area contributed by atoms with Crippen LogP contribution in [0.4, 0.5) is 17.1 Å². The molecule has 7 heteroatoms. The summed E-state index contributed by atoms with van der Waals surface area (Å²) in [6.45, 7) is 0. The van der Waals surface area contributed by atoms with Gasteiger partial charge in [0.2, 0.25) is 0 Å². The number of H-pyrrole nitrogens is 1. The predicted octanol–water partition coefficient (Wildman–Crippen LogP) is 5.73. The zero-order chi connectivity index (χ0) is 22.1. The number of aromatic nitrogens is 2. The van der Waals surface area contributed by atoms with E-state index in [1.54, 1.807) is 36.5 Å². The second kappa shape index (κ2) is 8.17. The van der Waals surface area contributed by atoms with Crippen LogP contribution >= 0.6 is 11.6 Å². The van der Waals surface area contributed by atoms with Crippen molar-refractivity contribution < 1.29 is 4.79 Å². The van der Waals surface area contributed by atoms with Gasteiger partial charge in [-0.1, -0.05) is 29.8 Å². The van der Waals surface area contributed by atoms with E-state index in [1.807, 2.05) is 48.5 Å². The van der Waals surface area contributed by atoms with Crippen LogP contribution in [0.2, 0.25) is 5.02 Å². The fraction of sp³-hybridized carbons (Fsp3) is 0. The Hall–Kier alpha value is -4.16. The van der Waals surface area contributed by atoms with Crippen LogP contribution in [-0.2, 0) is 0 Å². The summed E-state index contributed by atoms with van der Waals surface area (Å²) in [5, 5.41) is 9.11. The second-order valence-electron chi connectivity index (χ2n) is 7.25. The standard InChI is InChI=1S/C25H17ClN4O2/c26-16-7-5-15(6-8-16)24(31)29-18-11-9-17(10-12-18)28-21-13-14-27-23-22(21)19-3-1-2-4-20(19)25(32)30-23/h1-14H,(H,29,31)(H2,27,28,30,32). The number of fused-ring (bicyclic) bond motifs is 3. The summed E-state index contributed by atoms with van der Waals surface area (Å²) in [6, 6.07) is 23.4. The fourth-order valence-electron chi connectivity index (χ4n) is 3.60. The van der Waals surface area contributed by atoms with Gasteiger partial charge >= 0.3 is 0 Å². The van der Waals surface area contributed by atoms with Crippen LogP contribution in [-0.4, -0.2) is 15.9 Å². The Morgan fingerprint density at radius 1 is 0.844 bits per heavy atom. The number of carbonyl (C=O) groups excluding carboxylic acids is 1. The predicted molar refractivity (Wildman–Crippen MR) is 129 cm³/mol. The molecule has 0 bridgehead atoms. The number of pyridine rings is 2. The Bertz CT molecular complexity index is 1510. The summed E-state index contributed by atoms with van der Waals surface area (Å²) in [5.74, 6) is -0.210. The zero-order valence-corrected chi connectivity index (χ0v) is 17.5. The highest BCUT2D eigenvalue weighted by atomic mass is 35.5. The normalized spacial score (nSPS) is 10.9. The molecule has 156 valence electrons. The third kappa shape index (κ3) is 3.79. The lowest BCUT2D eigenvalue weighted by Gasteiger charge is -2.12. The topological polar surface area (TPSA) is 86.9 Å². The van der Waals surface area contributed by atoms with Gasteiger partial charge in [0.15, 0.2) is 0 Å². The minimum Gasteiger partial charge on any atom is -0.355 e. The highest BCUT2D eigenvalue weighted by molar-refractivity contribution is 6.30. The molecule has 0 atom stereocenters. The lowest BCUT2D eigenvalue weighted by atomic mass is 10.1. The van der Waals surface area contributed by atoms with Crippen LogP contribution in [0, 0.1) is 0 Å². The molecule has 0 aliphatic carbocycles. The number of hydrogen-bond donors (Lipinski definition) is 3. The molecule has 0 fully saturated rings. The van der Waals surface area contributed by atoms with E-state index < -0.39 is 0 Å². The maximum atomic E-state index is 12.4. The maximum Gasteiger partial charge on any atom is 0.257 e. The summed E-state index contributed by atoms with van der Waals surface area (Å²) in [5.41, 5.74) is 3.20. The molecule has 0 unspecified atom stereocenters.